The number of nitrogens with two attached hydrogens (primary N) is 1. The maximum atomic E-state index is 11.4. The minimum atomic E-state index is -0.799. The van der Waals surface area contributed by atoms with Crippen molar-refractivity contribution in [3.63, 3.8) is 0 Å². The predicted molar refractivity (Wildman–Crippen MR) is 78.9 cm³/mol. The molecule has 5 nitrogen and oxygen atoms in total. The number of rotatable bonds is 15. The van der Waals surface area contributed by atoms with Crippen molar-refractivity contribution in [1.29, 1.82) is 0 Å². The molecule has 116 valence electrons. The van der Waals surface area contributed by atoms with E-state index in [9.17, 15) is 4.21 Å². The summed E-state index contributed by atoms with van der Waals surface area (Å²) >= 11 is 0. The summed E-state index contributed by atoms with van der Waals surface area (Å²) in [7, 11) is -0.799. The summed E-state index contributed by atoms with van der Waals surface area (Å²) in [6, 6.07) is 0. The number of hydrogen-bond acceptors (Lipinski definition) is 5. The van der Waals surface area contributed by atoms with Gasteiger partial charge in [0.25, 0.3) is 0 Å². The first-order chi connectivity index (χ1) is 9.31. The zero-order valence-electron chi connectivity index (χ0n) is 12.1. The van der Waals surface area contributed by atoms with Gasteiger partial charge in [0.2, 0.25) is 0 Å². The Morgan fingerprint density at radius 2 is 1.42 bits per heavy atom. The molecule has 0 saturated carbocycles. The summed E-state index contributed by atoms with van der Waals surface area (Å²) in [6.07, 6.45) is 3.07. The second-order valence-corrected chi connectivity index (χ2v) is 5.88. The van der Waals surface area contributed by atoms with Crippen LogP contribution in [-0.2, 0) is 25.0 Å². The van der Waals surface area contributed by atoms with Gasteiger partial charge in [-0.1, -0.05) is 13.3 Å². The van der Waals surface area contributed by atoms with E-state index < -0.39 is 10.8 Å². The first kappa shape index (κ1) is 19.0. The molecule has 0 spiro atoms. The standard InChI is InChI=1S/C13H29NO4S/c1-2-3-6-16-7-8-17-9-10-18-11-13-19(15)12-4-5-14/h2-14H2,1H3. The highest BCUT2D eigenvalue weighted by Gasteiger charge is 1.98. The molecule has 0 aromatic rings. The van der Waals surface area contributed by atoms with Crippen LogP contribution >= 0.6 is 0 Å². The minimum Gasteiger partial charge on any atom is -0.379 e. The quantitative estimate of drug-likeness (QED) is 0.455. The zero-order chi connectivity index (χ0) is 14.2. The summed E-state index contributed by atoms with van der Waals surface area (Å²) in [5.41, 5.74) is 5.35. The smallest absolute Gasteiger partial charge is 0.0701 e. The van der Waals surface area contributed by atoms with Gasteiger partial charge in [0.05, 0.1) is 33.0 Å². The zero-order valence-corrected chi connectivity index (χ0v) is 12.9. The lowest BCUT2D eigenvalue weighted by atomic mass is 10.4. The van der Waals surface area contributed by atoms with Gasteiger partial charge in [0.15, 0.2) is 0 Å². The van der Waals surface area contributed by atoms with Gasteiger partial charge in [-0.3, -0.25) is 4.21 Å². The predicted octanol–water partition coefficient (Wildman–Crippen LogP) is 0.934. The molecule has 0 aliphatic carbocycles. The Labute approximate surface area is 119 Å². The largest absolute Gasteiger partial charge is 0.379 e. The molecule has 1 atom stereocenters. The Balaban J connectivity index is 3.04. The van der Waals surface area contributed by atoms with Crippen LogP contribution in [0.4, 0.5) is 0 Å². The lowest BCUT2D eigenvalue weighted by molar-refractivity contribution is 0.0168. The maximum Gasteiger partial charge on any atom is 0.0701 e. The van der Waals surface area contributed by atoms with Crippen molar-refractivity contribution in [1.82, 2.24) is 0 Å². The van der Waals surface area contributed by atoms with Crippen molar-refractivity contribution < 1.29 is 18.4 Å². The van der Waals surface area contributed by atoms with Gasteiger partial charge in [-0.05, 0) is 19.4 Å². The van der Waals surface area contributed by atoms with E-state index in [0.717, 1.165) is 25.9 Å². The molecule has 6 heteroatoms. The summed E-state index contributed by atoms with van der Waals surface area (Å²) in [6.45, 7) is 6.42. The molecule has 0 amide bonds. The second-order valence-electron chi connectivity index (χ2n) is 4.18. The fourth-order valence-electron chi connectivity index (χ4n) is 1.29. The minimum absolute atomic E-state index is 0.521. The Kier molecular flexibility index (Phi) is 16.0. The molecule has 0 saturated heterocycles. The first-order valence-corrected chi connectivity index (χ1v) is 8.58. The lowest BCUT2D eigenvalue weighted by Crippen LogP contribution is -2.14. The van der Waals surface area contributed by atoms with Crippen molar-refractivity contribution in [2.75, 3.05) is 57.7 Å². The van der Waals surface area contributed by atoms with Crippen molar-refractivity contribution in [2.24, 2.45) is 5.73 Å². The van der Waals surface area contributed by atoms with E-state index in [2.05, 4.69) is 6.92 Å². The average molecular weight is 295 g/mol. The second kappa shape index (κ2) is 16.0. The van der Waals surface area contributed by atoms with E-state index >= 15 is 0 Å². The van der Waals surface area contributed by atoms with Gasteiger partial charge < -0.3 is 19.9 Å². The molecule has 0 fully saturated rings. The molecule has 2 N–H and O–H groups in total. The van der Waals surface area contributed by atoms with E-state index in [-0.39, 0.29) is 0 Å². The molecule has 0 rings (SSSR count). The average Bonchev–Trinajstić information content (AvgIpc) is 2.42. The normalized spacial score (nSPS) is 12.7. The van der Waals surface area contributed by atoms with Gasteiger partial charge in [-0.15, -0.1) is 0 Å². The van der Waals surface area contributed by atoms with Crippen LogP contribution in [0.1, 0.15) is 26.2 Å². The molecule has 19 heavy (non-hydrogen) atoms. The van der Waals surface area contributed by atoms with Gasteiger partial charge in [-0.25, -0.2) is 0 Å². The van der Waals surface area contributed by atoms with Crippen LogP contribution in [0.15, 0.2) is 0 Å². The summed E-state index contributed by atoms with van der Waals surface area (Å²) in [5.74, 6) is 1.26. The summed E-state index contributed by atoms with van der Waals surface area (Å²) in [4.78, 5) is 0. The number of unbranched alkanes of at least 4 members (excludes halogenated alkanes) is 1. The third-order valence-corrected chi connectivity index (χ3v) is 3.78. The van der Waals surface area contributed by atoms with Crippen LogP contribution < -0.4 is 5.73 Å². The van der Waals surface area contributed by atoms with Crippen molar-refractivity contribution in [2.45, 2.75) is 26.2 Å². The van der Waals surface area contributed by atoms with E-state index in [1.54, 1.807) is 0 Å². The highest BCUT2D eigenvalue weighted by atomic mass is 32.2. The van der Waals surface area contributed by atoms with Crippen LogP contribution in [0.25, 0.3) is 0 Å². The third-order valence-electron chi connectivity index (χ3n) is 2.42. The molecule has 1 unspecified atom stereocenters. The molecule has 0 aromatic carbocycles. The third kappa shape index (κ3) is 15.9. The van der Waals surface area contributed by atoms with Gasteiger partial charge in [0, 0.05) is 28.9 Å². The SMILES string of the molecule is CCCCOCCOCCOCCS(=O)CCCN. The molecule has 0 aliphatic rings. The molecule has 0 aliphatic heterocycles. The number of ether oxygens (including phenoxy) is 3. The summed E-state index contributed by atoms with van der Waals surface area (Å²) < 4.78 is 27.4. The topological polar surface area (TPSA) is 70.8 Å². The first-order valence-electron chi connectivity index (χ1n) is 7.09. The molecule has 0 bridgehead atoms. The Morgan fingerprint density at radius 1 is 0.842 bits per heavy atom. The lowest BCUT2D eigenvalue weighted by Gasteiger charge is -2.06. The van der Waals surface area contributed by atoms with Gasteiger partial charge >= 0.3 is 0 Å². The van der Waals surface area contributed by atoms with Crippen molar-refractivity contribution in [3.05, 3.63) is 0 Å². The van der Waals surface area contributed by atoms with Crippen LogP contribution in [0.3, 0.4) is 0 Å². The highest BCUT2D eigenvalue weighted by molar-refractivity contribution is 7.84. The van der Waals surface area contributed by atoms with Crippen molar-refractivity contribution >= 4 is 10.8 Å². The molecule has 0 heterocycles. The molecular formula is C13H29NO4S. The summed E-state index contributed by atoms with van der Waals surface area (Å²) in [5, 5.41) is 0. The van der Waals surface area contributed by atoms with E-state index in [0.29, 0.717) is 51.1 Å². The van der Waals surface area contributed by atoms with E-state index in [1.807, 2.05) is 0 Å². The molecular weight excluding hydrogens is 266 g/mol. The van der Waals surface area contributed by atoms with E-state index in [4.69, 9.17) is 19.9 Å². The van der Waals surface area contributed by atoms with Gasteiger partial charge in [-0.2, -0.15) is 0 Å². The van der Waals surface area contributed by atoms with Crippen LogP contribution in [0.2, 0.25) is 0 Å². The molecule has 0 radical (unpaired) electrons. The fraction of sp³-hybridized carbons (Fsp3) is 1.00. The monoisotopic (exact) mass is 295 g/mol. The van der Waals surface area contributed by atoms with E-state index in [1.165, 1.54) is 0 Å². The highest BCUT2D eigenvalue weighted by Crippen LogP contribution is 1.89. The van der Waals surface area contributed by atoms with Crippen molar-refractivity contribution in [3.8, 4) is 0 Å². The Hall–Kier alpha value is -0.0100. The van der Waals surface area contributed by atoms with Crippen LogP contribution in [0.5, 0.6) is 0 Å². The molecule has 0 aromatic heterocycles. The van der Waals surface area contributed by atoms with Crippen LogP contribution in [0, 0.1) is 0 Å². The van der Waals surface area contributed by atoms with Gasteiger partial charge in [0.1, 0.15) is 0 Å². The number of hydrogen-bond donors (Lipinski definition) is 1. The Morgan fingerprint density at radius 3 is 2.00 bits per heavy atom. The van der Waals surface area contributed by atoms with Crippen LogP contribution in [-0.4, -0.2) is 61.9 Å². The Bertz CT molecular complexity index is 205. The fourth-order valence-corrected chi connectivity index (χ4v) is 2.28. The maximum absolute atomic E-state index is 11.4.